The second-order valence-electron chi connectivity index (χ2n) is 7.34. The van der Waals surface area contributed by atoms with Gasteiger partial charge in [-0.05, 0) is 48.5 Å². The Labute approximate surface area is 206 Å². The SMILES string of the molecule is CN=C(NCCNS(=O)(=O)c1cccs1)NCc1ccc(CN2CCCCC2)cc1.I. The second-order valence-corrected chi connectivity index (χ2v) is 10.3. The summed E-state index contributed by atoms with van der Waals surface area (Å²) in [5.74, 6) is 0.641. The van der Waals surface area contributed by atoms with Gasteiger partial charge in [0.05, 0.1) is 0 Å². The van der Waals surface area contributed by atoms with Crippen LogP contribution in [0.15, 0.2) is 51.0 Å². The van der Waals surface area contributed by atoms with Gasteiger partial charge in [-0.25, -0.2) is 13.1 Å². The number of sulfonamides is 1. The highest BCUT2D eigenvalue weighted by atomic mass is 127. The van der Waals surface area contributed by atoms with Crippen molar-refractivity contribution in [2.75, 3.05) is 33.2 Å². The van der Waals surface area contributed by atoms with Crippen molar-refractivity contribution in [3.05, 3.63) is 52.9 Å². The Kier molecular flexibility index (Phi) is 11.2. The Morgan fingerprint density at radius 1 is 1.03 bits per heavy atom. The molecular formula is C21H32IN5O2S2. The van der Waals surface area contributed by atoms with Crippen molar-refractivity contribution in [3.8, 4) is 0 Å². The zero-order valence-corrected chi connectivity index (χ0v) is 21.8. The molecule has 2 aromatic rings. The molecule has 1 saturated heterocycles. The number of thiophene rings is 1. The van der Waals surface area contributed by atoms with Crippen molar-refractivity contribution >= 4 is 51.3 Å². The zero-order chi connectivity index (χ0) is 21.2. The van der Waals surface area contributed by atoms with Gasteiger partial charge in [-0.15, -0.1) is 35.3 Å². The van der Waals surface area contributed by atoms with Crippen LogP contribution < -0.4 is 15.4 Å². The quantitative estimate of drug-likeness (QED) is 0.185. The molecule has 0 atom stereocenters. The molecule has 7 nitrogen and oxygen atoms in total. The molecule has 0 saturated carbocycles. The summed E-state index contributed by atoms with van der Waals surface area (Å²) in [5, 5.41) is 8.15. The summed E-state index contributed by atoms with van der Waals surface area (Å²) in [4.78, 5) is 6.72. The number of hydrogen-bond acceptors (Lipinski definition) is 5. The number of hydrogen-bond donors (Lipinski definition) is 3. The minimum atomic E-state index is -3.43. The summed E-state index contributed by atoms with van der Waals surface area (Å²) in [6, 6.07) is 12.0. The maximum Gasteiger partial charge on any atom is 0.250 e. The van der Waals surface area contributed by atoms with Gasteiger partial charge < -0.3 is 10.6 Å². The predicted octanol–water partition coefficient (Wildman–Crippen LogP) is 3.00. The smallest absolute Gasteiger partial charge is 0.250 e. The van der Waals surface area contributed by atoms with Crippen LogP contribution >= 0.6 is 35.3 Å². The van der Waals surface area contributed by atoms with Crippen LogP contribution in [0.5, 0.6) is 0 Å². The molecule has 0 aliphatic carbocycles. The molecule has 0 unspecified atom stereocenters. The standard InChI is InChI=1S/C21H31N5O2S2.HI/c1-22-21(23-11-12-25-30(27,28)20-6-5-15-29-20)24-16-18-7-9-19(10-8-18)17-26-13-3-2-4-14-26;/h5-10,15,25H,2-4,11-14,16-17H2,1H3,(H2,22,23,24);1H. The van der Waals surface area contributed by atoms with E-state index >= 15 is 0 Å². The van der Waals surface area contributed by atoms with Gasteiger partial charge in [0.15, 0.2) is 5.96 Å². The second kappa shape index (κ2) is 13.4. The molecule has 1 aromatic carbocycles. The predicted molar refractivity (Wildman–Crippen MR) is 139 cm³/mol. The molecule has 0 bridgehead atoms. The Bertz CT molecular complexity index is 896. The van der Waals surface area contributed by atoms with Crippen LogP contribution in [0.3, 0.4) is 0 Å². The molecule has 3 rings (SSSR count). The Morgan fingerprint density at radius 2 is 1.74 bits per heavy atom. The van der Waals surface area contributed by atoms with Crippen molar-refractivity contribution in [2.45, 2.75) is 36.6 Å². The highest BCUT2D eigenvalue weighted by Crippen LogP contribution is 2.15. The van der Waals surface area contributed by atoms with Crippen molar-refractivity contribution < 1.29 is 8.42 Å². The molecule has 172 valence electrons. The summed E-state index contributed by atoms with van der Waals surface area (Å²) in [5.41, 5.74) is 2.53. The maximum atomic E-state index is 12.1. The first-order valence-electron chi connectivity index (χ1n) is 10.3. The van der Waals surface area contributed by atoms with Crippen LogP contribution in [-0.4, -0.2) is 52.5 Å². The molecule has 0 radical (unpaired) electrons. The molecular weight excluding hydrogens is 545 g/mol. The molecule has 3 N–H and O–H groups in total. The number of likely N-dealkylation sites (tertiary alicyclic amines) is 1. The van der Waals surface area contributed by atoms with Gasteiger partial charge in [-0.2, -0.15) is 0 Å². The first-order valence-corrected chi connectivity index (χ1v) is 12.7. The lowest BCUT2D eigenvalue weighted by Gasteiger charge is -2.26. The van der Waals surface area contributed by atoms with E-state index in [0.29, 0.717) is 23.3 Å². The zero-order valence-electron chi connectivity index (χ0n) is 17.8. The fourth-order valence-corrected chi connectivity index (χ4v) is 5.47. The molecule has 1 aromatic heterocycles. The summed E-state index contributed by atoms with van der Waals surface area (Å²) in [7, 11) is -1.73. The molecule has 0 spiro atoms. The third kappa shape index (κ3) is 8.68. The first-order chi connectivity index (χ1) is 14.6. The fourth-order valence-electron chi connectivity index (χ4n) is 3.40. The highest BCUT2D eigenvalue weighted by Gasteiger charge is 2.14. The van der Waals surface area contributed by atoms with E-state index in [1.54, 1.807) is 24.6 Å². The number of benzene rings is 1. The number of halogens is 1. The molecule has 1 fully saturated rings. The van der Waals surface area contributed by atoms with Crippen molar-refractivity contribution in [1.82, 2.24) is 20.3 Å². The number of aliphatic imine (C=N–C) groups is 1. The van der Waals surface area contributed by atoms with Crippen LogP contribution in [0.4, 0.5) is 0 Å². The summed E-state index contributed by atoms with van der Waals surface area (Å²) in [6.45, 7) is 4.82. The van der Waals surface area contributed by atoms with E-state index in [9.17, 15) is 8.42 Å². The van der Waals surface area contributed by atoms with E-state index in [4.69, 9.17) is 0 Å². The molecule has 1 aliphatic rings. The van der Waals surface area contributed by atoms with E-state index in [-0.39, 0.29) is 30.5 Å². The number of guanidine groups is 1. The third-order valence-corrected chi connectivity index (χ3v) is 7.89. The lowest BCUT2D eigenvalue weighted by molar-refractivity contribution is 0.221. The molecule has 10 heteroatoms. The van der Waals surface area contributed by atoms with Crippen LogP contribution in [0, 0.1) is 0 Å². The van der Waals surface area contributed by atoms with E-state index in [0.717, 1.165) is 6.54 Å². The minimum Gasteiger partial charge on any atom is -0.355 e. The molecule has 2 heterocycles. The number of nitrogens with one attached hydrogen (secondary N) is 3. The van der Waals surface area contributed by atoms with Gasteiger partial charge in [0.1, 0.15) is 4.21 Å². The highest BCUT2D eigenvalue weighted by molar-refractivity contribution is 14.0. The Morgan fingerprint density at radius 3 is 2.39 bits per heavy atom. The largest absolute Gasteiger partial charge is 0.355 e. The van der Waals surface area contributed by atoms with E-state index in [1.807, 2.05) is 0 Å². The van der Waals surface area contributed by atoms with Gasteiger partial charge in [-0.1, -0.05) is 36.8 Å². The minimum absolute atomic E-state index is 0. The summed E-state index contributed by atoms with van der Waals surface area (Å²) < 4.78 is 27.1. The Balaban J connectivity index is 0.00000341. The summed E-state index contributed by atoms with van der Waals surface area (Å²) in [6.07, 6.45) is 3.98. The first kappa shape index (κ1) is 26.0. The number of rotatable bonds is 9. The average Bonchev–Trinajstić information content (AvgIpc) is 3.31. The molecule has 1 aliphatic heterocycles. The van der Waals surface area contributed by atoms with Crippen molar-refractivity contribution in [1.29, 1.82) is 0 Å². The van der Waals surface area contributed by atoms with Gasteiger partial charge >= 0.3 is 0 Å². The van der Waals surface area contributed by atoms with Gasteiger partial charge in [-0.3, -0.25) is 9.89 Å². The van der Waals surface area contributed by atoms with Crippen LogP contribution in [0.25, 0.3) is 0 Å². The third-order valence-electron chi connectivity index (χ3n) is 5.03. The van der Waals surface area contributed by atoms with Crippen LogP contribution in [0.2, 0.25) is 0 Å². The average molecular weight is 578 g/mol. The van der Waals surface area contributed by atoms with Crippen molar-refractivity contribution in [3.63, 3.8) is 0 Å². The van der Waals surface area contributed by atoms with E-state index in [1.165, 1.54) is 54.8 Å². The lowest BCUT2D eigenvalue weighted by atomic mass is 10.1. The van der Waals surface area contributed by atoms with Crippen LogP contribution in [0.1, 0.15) is 30.4 Å². The summed E-state index contributed by atoms with van der Waals surface area (Å²) >= 11 is 1.21. The van der Waals surface area contributed by atoms with E-state index in [2.05, 4.69) is 49.5 Å². The Hall–Kier alpha value is -1.21. The van der Waals surface area contributed by atoms with E-state index < -0.39 is 10.0 Å². The van der Waals surface area contributed by atoms with Gasteiger partial charge in [0.2, 0.25) is 10.0 Å². The maximum absolute atomic E-state index is 12.1. The number of nitrogens with zero attached hydrogens (tertiary/aromatic N) is 2. The van der Waals surface area contributed by atoms with Gasteiger partial charge in [0.25, 0.3) is 0 Å². The number of piperidine rings is 1. The lowest BCUT2D eigenvalue weighted by Crippen LogP contribution is -2.41. The van der Waals surface area contributed by atoms with Crippen molar-refractivity contribution in [2.24, 2.45) is 4.99 Å². The van der Waals surface area contributed by atoms with Crippen LogP contribution in [-0.2, 0) is 23.1 Å². The molecule has 31 heavy (non-hydrogen) atoms. The van der Waals surface area contributed by atoms with Gasteiger partial charge in [0, 0.05) is 33.2 Å². The fraction of sp³-hybridized carbons (Fsp3) is 0.476. The molecule has 0 amide bonds. The topological polar surface area (TPSA) is 85.8 Å². The normalized spacial score (nSPS) is 15.3. The monoisotopic (exact) mass is 577 g/mol.